The highest BCUT2D eigenvalue weighted by atomic mass is 16.4. The van der Waals surface area contributed by atoms with Crippen LogP contribution in [0.2, 0.25) is 0 Å². The van der Waals surface area contributed by atoms with Gasteiger partial charge in [0.1, 0.15) is 0 Å². The van der Waals surface area contributed by atoms with Gasteiger partial charge in [0.15, 0.2) is 0 Å². The van der Waals surface area contributed by atoms with Crippen molar-refractivity contribution in [2.45, 2.75) is 26.4 Å². The third-order valence-corrected chi connectivity index (χ3v) is 3.41. The minimum atomic E-state index is -0.945. The Kier molecular flexibility index (Phi) is 4.48. The number of nitrogens with zero attached hydrogens (tertiary/aromatic N) is 1. The fraction of sp³-hybridized carbons (Fsp3) is 0.235. The summed E-state index contributed by atoms with van der Waals surface area (Å²) in [4.78, 5) is 13.3. The molecule has 0 atom stereocenters. The van der Waals surface area contributed by atoms with Gasteiger partial charge in [-0.25, -0.2) is 4.79 Å². The first-order valence-electron chi connectivity index (χ1n) is 6.92. The van der Waals surface area contributed by atoms with E-state index in [-0.39, 0.29) is 11.6 Å². The van der Waals surface area contributed by atoms with Gasteiger partial charge in [0.2, 0.25) is 0 Å². The van der Waals surface area contributed by atoms with Crippen molar-refractivity contribution in [3.05, 3.63) is 59.7 Å². The highest BCUT2D eigenvalue weighted by Gasteiger charge is 2.16. The number of anilines is 2. The summed E-state index contributed by atoms with van der Waals surface area (Å²) < 4.78 is 0. The van der Waals surface area contributed by atoms with E-state index in [1.807, 2.05) is 30.3 Å². The van der Waals surface area contributed by atoms with Crippen LogP contribution in [0.4, 0.5) is 11.4 Å². The van der Waals surface area contributed by atoms with Gasteiger partial charge in [0, 0.05) is 12.6 Å². The minimum absolute atomic E-state index is 0.205. The SMILES string of the molecule is CC(C)N(Cc1ccccc1)c1cc(C(=O)O)ccc1N. The van der Waals surface area contributed by atoms with E-state index >= 15 is 0 Å². The first kappa shape index (κ1) is 14.9. The molecule has 0 heterocycles. The van der Waals surface area contributed by atoms with E-state index in [9.17, 15) is 4.79 Å². The molecule has 0 unspecified atom stereocenters. The van der Waals surface area contributed by atoms with Crippen molar-refractivity contribution < 1.29 is 9.90 Å². The summed E-state index contributed by atoms with van der Waals surface area (Å²) in [5.41, 5.74) is 8.80. The van der Waals surface area contributed by atoms with Crippen molar-refractivity contribution in [1.82, 2.24) is 0 Å². The van der Waals surface area contributed by atoms with Crippen molar-refractivity contribution in [1.29, 1.82) is 0 Å². The first-order chi connectivity index (χ1) is 9.99. The molecule has 0 radical (unpaired) electrons. The Hall–Kier alpha value is -2.49. The second-order valence-corrected chi connectivity index (χ2v) is 5.29. The second-order valence-electron chi connectivity index (χ2n) is 5.29. The quantitative estimate of drug-likeness (QED) is 0.826. The number of nitrogens with two attached hydrogens (primary N) is 1. The Morgan fingerprint density at radius 3 is 2.43 bits per heavy atom. The third kappa shape index (κ3) is 3.54. The zero-order valence-corrected chi connectivity index (χ0v) is 12.3. The Morgan fingerprint density at radius 1 is 1.19 bits per heavy atom. The number of rotatable bonds is 5. The standard InChI is InChI=1S/C17H20N2O2/c1-12(2)19(11-13-6-4-3-5-7-13)16-10-14(17(20)21)8-9-15(16)18/h3-10,12H,11,18H2,1-2H3,(H,20,21). The van der Waals surface area contributed by atoms with Gasteiger partial charge in [-0.2, -0.15) is 0 Å². The molecular weight excluding hydrogens is 264 g/mol. The Bertz CT molecular complexity index is 624. The van der Waals surface area contributed by atoms with Gasteiger partial charge >= 0.3 is 5.97 Å². The van der Waals surface area contributed by atoms with Gasteiger partial charge in [-0.3, -0.25) is 0 Å². The molecule has 0 aliphatic carbocycles. The molecule has 0 fully saturated rings. The van der Waals surface area contributed by atoms with Gasteiger partial charge in [0.25, 0.3) is 0 Å². The Balaban J connectivity index is 2.38. The Morgan fingerprint density at radius 2 is 1.86 bits per heavy atom. The molecule has 0 saturated carbocycles. The van der Waals surface area contributed by atoms with Crippen LogP contribution in [0, 0.1) is 0 Å². The van der Waals surface area contributed by atoms with Crippen LogP contribution in [0.25, 0.3) is 0 Å². The number of benzene rings is 2. The van der Waals surface area contributed by atoms with E-state index in [0.717, 1.165) is 11.3 Å². The van der Waals surface area contributed by atoms with Gasteiger partial charge in [-0.05, 0) is 37.6 Å². The van der Waals surface area contributed by atoms with Gasteiger partial charge in [-0.15, -0.1) is 0 Å². The number of carbonyl (C=O) groups is 1. The maximum Gasteiger partial charge on any atom is 0.335 e. The van der Waals surface area contributed by atoms with Crippen LogP contribution >= 0.6 is 0 Å². The molecule has 21 heavy (non-hydrogen) atoms. The predicted molar refractivity (Wildman–Crippen MR) is 85.6 cm³/mol. The number of hydrogen-bond donors (Lipinski definition) is 2. The normalized spacial score (nSPS) is 10.6. The lowest BCUT2D eigenvalue weighted by Crippen LogP contribution is -2.31. The Labute approximate surface area is 124 Å². The van der Waals surface area contributed by atoms with Crippen molar-refractivity contribution in [3.8, 4) is 0 Å². The van der Waals surface area contributed by atoms with Crippen molar-refractivity contribution in [3.63, 3.8) is 0 Å². The van der Waals surface area contributed by atoms with E-state index in [1.54, 1.807) is 12.1 Å². The molecule has 0 saturated heterocycles. The molecule has 0 amide bonds. The van der Waals surface area contributed by atoms with E-state index in [4.69, 9.17) is 10.8 Å². The van der Waals surface area contributed by atoms with Gasteiger partial charge < -0.3 is 15.7 Å². The first-order valence-corrected chi connectivity index (χ1v) is 6.92. The molecule has 0 spiro atoms. The summed E-state index contributed by atoms with van der Waals surface area (Å²) in [5, 5.41) is 9.15. The summed E-state index contributed by atoms with van der Waals surface area (Å²) in [6, 6.07) is 15.1. The zero-order valence-electron chi connectivity index (χ0n) is 12.3. The summed E-state index contributed by atoms with van der Waals surface area (Å²) in [6.45, 7) is 4.82. The van der Waals surface area contributed by atoms with Crippen LogP contribution in [-0.2, 0) is 6.54 Å². The van der Waals surface area contributed by atoms with E-state index < -0.39 is 5.97 Å². The topological polar surface area (TPSA) is 66.6 Å². The molecule has 0 aliphatic rings. The maximum absolute atomic E-state index is 11.2. The molecule has 0 bridgehead atoms. The van der Waals surface area contributed by atoms with Crippen LogP contribution in [-0.4, -0.2) is 17.1 Å². The lowest BCUT2D eigenvalue weighted by atomic mass is 10.1. The highest BCUT2D eigenvalue weighted by Crippen LogP contribution is 2.28. The van der Waals surface area contributed by atoms with Crippen LogP contribution in [0.3, 0.4) is 0 Å². The number of nitrogen functional groups attached to an aromatic ring is 1. The predicted octanol–water partition coefficient (Wildman–Crippen LogP) is 3.38. The number of carboxylic acids is 1. The molecular formula is C17H20N2O2. The van der Waals surface area contributed by atoms with Gasteiger partial charge in [-0.1, -0.05) is 30.3 Å². The molecule has 2 rings (SSSR count). The number of hydrogen-bond acceptors (Lipinski definition) is 3. The minimum Gasteiger partial charge on any atom is -0.478 e. The molecule has 110 valence electrons. The van der Waals surface area contributed by atoms with Crippen LogP contribution < -0.4 is 10.6 Å². The highest BCUT2D eigenvalue weighted by molar-refractivity contribution is 5.90. The van der Waals surface area contributed by atoms with E-state index in [1.165, 1.54) is 6.07 Å². The summed E-state index contributed by atoms with van der Waals surface area (Å²) in [7, 11) is 0. The fourth-order valence-electron chi connectivity index (χ4n) is 2.25. The summed E-state index contributed by atoms with van der Waals surface area (Å²) in [5.74, 6) is -0.945. The monoisotopic (exact) mass is 284 g/mol. The summed E-state index contributed by atoms with van der Waals surface area (Å²) >= 11 is 0. The zero-order chi connectivity index (χ0) is 15.4. The molecule has 2 aromatic rings. The second kappa shape index (κ2) is 6.31. The average Bonchev–Trinajstić information content (AvgIpc) is 2.46. The van der Waals surface area contributed by atoms with Crippen molar-refractivity contribution in [2.24, 2.45) is 0 Å². The van der Waals surface area contributed by atoms with Crippen LogP contribution in [0.15, 0.2) is 48.5 Å². The van der Waals surface area contributed by atoms with Crippen LogP contribution in [0.1, 0.15) is 29.8 Å². The average molecular weight is 284 g/mol. The lowest BCUT2D eigenvalue weighted by Gasteiger charge is -2.30. The number of aromatic carboxylic acids is 1. The largest absolute Gasteiger partial charge is 0.478 e. The summed E-state index contributed by atoms with van der Waals surface area (Å²) in [6.07, 6.45) is 0. The lowest BCUT2D eigenvalue weighted by molar-refractivity contribution is 0.0697. The number of carboxylic acid groups (broad SMARTS) is 1. The smallest absolute Gasteiger partial charge is 0.335 e. The van der Waals surface area contributed by atoms with Gasteiger partial charge in [0.05, 0.1) is 16.9 Å². The molecule has 2 aromatic carbocycles. The van der Waals surface area contributed by atoms with Crippen molar-refractivity contribution in [2.75, 3.05) is 10.6 Å². The molecule has 4 heteroatoms. The molecule has 4 nitrogen and oxygen atoms in total. The van der Waals surface area contributed by atoms with E-state index in [0.29, 0.717) is 12.2 Å². The molecule has 3 N–H and O–H groups in total. The maximum atomic E-state index is 11.2. The third-order valence-electron chi connectivity index (χ3n) is 3.41. The molecule has 0 aliphatic heterocycles. The van der Waals surface area contributed by atoms with Crippen LogP contribution in [0.5, 0.6) is 0 Å². The molecule has 0 aromatic heterocycles. The van der Waals surface area contributed by atoms with Crippen molar-refractivity contribution >= 4 is 17.3 Å². The van der Waals surface area contributed by atoms with E-state index in [2.05, 4.69) is 18.7 Å². The fourth-order valence-corrected chi connectivity index (χ4v) is 2.25.